The Bertz CT molecular complexity index is 868. The minimum atomic E-state index is -0.834. The Balaban J connectivity index is 2.21. The van der Waals surface area contributed by atoms with Crippen LogP contribution in [-0.4, -0.2) is 63.5 Å². The number of esters is 2. The van der Waals surface area contributed by atoms with Gasteiger partial charge in [-0.05, 0) is 5.56 Å². The molecule has 1 aromatic carbocycles. The Labute approximate surface area is 207 Å². The fourth-order valence-corrected chi connectivity index (χ4v) is 3.68. The maximum atomic E-state index is 12.9. The molecule has 1 heterocycles. The normalized spacial score (nSPS) is 27.7. The Morgan fingerprint density at radius 1 is 0.857 bits per heavy atom. The monoisotopic (exact) mass is 487 g/mol. The first kappa shape index (κ1) is 28.3. The molecule has 1 aliphatic rings. The van der Waals surface area contributed by atoms with Crippen LogP contribution in [0.25, 0.3) is 0 Å². The number of rotatable bonds is 4. The molecule has 8 heteroatoms. The number of benzene rings is 1. The number of carbonyl (C=O) groups excluding carboxylic acids is 3. The highest BCUT2D eigenvalue weighted by atomic mass is 16.6. The van der Waals surface area contributed by atoms with Crippen LogP contribution in [0.4, 0.5) is 0 Å². The molecule has 0 saturated carbocycles. The van der Waals surface area contributed by atoms with Gasteiger partial charge in [0.15, 0.2) is 0 Å². The summed E-state index contributed by atoms with van der Waals surface area (Å²) >= 11 is 0. The summed E-state index contributed by atoms with van der Waals surface area (Å²) in [6.07, 6.45) is 6.86. The first-order valence-corrected chi connectivity index (χ1v) is 11.9. The van der Waals surface area contributed by atoms with Gasteiger partial charge in [-0.1, -0.05) is 68.5 Å². The average Bonchev–Trinajstić information content (AvgIpc) is 2.84. The van der Waals surface area contributed by atoms with Crippen molar-refractivity contribution in [3.63, 3.8) is 0 Å². The topological polar surface area (TPSA) is 100 Å². The van der Waals surface area contributed by atoms with E-state index in [9.17, 15) is 14.4 Å². The summed E-state index contributed by atoms with van der Waals surface area (Å²) in [4.78, 5) is 37.7. The first-order chi connectivity index (χ1) is 16.8. The Kier molecular flexibility index (Phi) is 12.2. The Morgan fingerprint density at radius 3 is 2.03 bits per heavy atom. The van der Waals surface area contributed by atoms with E-state index in [0.717, 1.165) is 5.56 Å². The summed E-state index contributed by atoms with van der Waals surface area (Å²) < 4.78 is 21.8. The minimum absolute atomic E-state index is 0.0133. The second-order valence-corrected chi connectivity index (χ2v) is 8.65. The van der Waals surface area contributed by atoms with Crippen LogP contribution in [-0.2, 0) is 39.8 Å². The summed E-state index contributed by atoms with van der Waals surface area (Å²) in [7, 11) is 3.09. The number of carbonyl (C=O) groups is 3. The molecule has 0 bridgehead atoms. The standard InChI is InChI=1S/C27H37NO7/c1-19-10-8-14-25(29)28-22(16-21-12-6-5-7-13-21)27(31)35-18-24(33-4)20(2)11-9-15-26(30)34-17-23(19)32-3/h5-13,19-20,22-24H,14-18H2,1-4H3,(H,28,29)/t19-,20-,22-,23-,24-/m0/s1. The second-order valence-electron chi connectivity index (χ2n) is 8.65. The fraction of sp³-hybridized carbons (Fsp3) is 0.519. The molecule has 1 N–H and O–H groups in total. The van der Waals surface area contributed by atoms with Crippen LogP contribution in [0.5, 0.6) is 0 Å². The maximum Gasteiger partial charge on any atom is 0.329 e. The van der Waals surface area contributed by atoms with Crippen molar-refractivity contribution in [2.24, 2.45) is 11.8 Å². The van der Waals surface area contributed by atoms with E-state index >= 15 is 0 Å². The van der Waals surface area contributed by atoms with E-state index in [1.165, 1.54) is 7.11 Å². The third-order valence-corrected chi connectivity index (χ3v) is 5.95. The SMILES string of the molecule is CO[C@H]1COC(=O)CC=C[C@H](C)[C@@H](OC)COC(=O)[C@H](Cc2ccccc2)NC(=O)CC=C[C@@H]1C. The van der Waals surface area contributed by atoms with Crippen molar-refractivity contribution in [1.82, 2.24) is 5.32 Å². The van der Waals surface area contributed by atoms with Crippen LogP contribution in [0.2, 0.25) is 0 Å². The van der Waals surface area contributed by atoms with Crippen LogP contribution in [0.1, 0.15) is 32.3 Å². The average molecular weight is 488 g/mol. The lowest BCUT2D eigenvalue weighted by Crippen LogP contribution is -2.44. The van der Waals surface area contributed by atoms with Crippen LogP contribution in [0.3, 0.4) is 0 Å². The van der Waals surface area contributed by atoms with Gasteiger partial charge in [-0.2, -0.15) is 0 Å². The molecule has 0 spiro atoms. The molecule has 0 aliphatic carbocycles. The molecule has 35 heavy (non-hydrogen) atoms. The first-order valence-electron chi connectivity index (χ1n) is 11.9. The molecule has 8 nitrogen and oxygen atoms in total. The second kappa shape index (κ2) is 15.1. The van der Waals surface area contributed by atoms with Gasteiger partial charge in [-0.3, -0.25) is 9.59 Å². The van der Waals surface area contributed by atoms with Gasteiger partial charge in [0.1, 0.15) is 19.3 Å². The van der Waals surface area contributed by atoms with E-state index in [4.69, 9.17) is 18.9 Å². The highest BCUT2D eigenvalue weighted by Crippen LogP contribution is 2.14. The molecular weight excluding hydrogens is 450 g/mol. The lowest BCUT2D eigenvalue weighted by Gasteiger charge is -2.22. The molecule has 0 radical (unpaired) electrons. The Hall–Kier alpha value is -2.97. The van der Waals surface area contributed by atoms with Crippen molar-refractivity contribution in [3.05, 3.63) is 60.2 Å². The molecule has 1 amide bonds. The number of hydrogen-bond donors (Lipinski definition) is 1. The van der Waals surface area contributed by atoms with Crippen LogP contribution in [0, 0.1) is 11.8 Å². The number of nitrogens with one attached hydrogen (secondary N) is 1. The fourth-order valence-electron chi connectivity index (χ4n) is 3.68. The van der Waals surface area contributed by atoms with Crippen LogP contribution < -0.4 is 5.32 Å². The van der Waals surface area contributed by atoms with Crippen molar-refractivity contribution in [2.75, 3.05) is 27.4 Å². The zero-order valence-electron chi connectivity index (χ0n) is 21.0. The quantitative estimate of drug-likeness (QED) is 0.515. The van der Waals surface area contributed by atoms with E-state index in [0.29, 0.717) is 6.42 Å². The van der Waals surface area contributed by atoms with E-state index in [1.807, 2.05) is 56.3 Å². The van der Waals surface area contributed by atoms with Crippen molar-refractivity contribution >= 4 is 17.8 Å². The molecule has 5 atom stereocenters. The Morgan fingerprint density at radius 2 is 1.43 bits per heavy atom. The molecule has 0 unspecified atom stereocenters. The third kappa shape index (κ3) is 10.0. The largest absolute Gasteiger partial charge is 0.463 e. The van der Waals surface area contributed by atoms with Gasteiger partial charge < -0.3 is 24.3 Å². The zero-order chi connectivity index (χ0) is 25.6. The zero-order valence-corrected chi connectivity index (χ0v) is 21.0. The number of amides is 1. The lowest BCUT2D eigenvalue weighted by molar-refractivity contribution is -0.151. The summed E-state index contributed by atoms with van der Waals surface area (Å²) in [5, 5.41) is 2.80. The van der Waals surface area contributed by atoms with Crippen molar-refractivity contribution in [3.8, 4) is 0 Å². The summed E-state index contributed by atoms with van der Waals surface area (Å²) in [6.45, 7) is 3.95. The van der Waals surface area contributed by atoms with Gasteiger partial charge >= 0.3 is 11.9 Å². The van der Waals surface area contributed by atoms with Crippen molar-refractivity contribution in [2.45, 2.75) is 51.4 Å². The predicted octanol–water partition coefficient (Wildman–Crippen LogP) is 3.01. The minimum Gasteiger partial charge on any atom is -0.463 e. The van der Waals surface area contributed by atoms with Gasteiger partial charge in [0, 0.05) is 38.9 Å². The number of methoxy groups -OCH3 is 2. The molecule has 0 aromatic heterocycles. The van der Waals surface area contributed by atoms with E-state index in [1.54, 1.807) is 19.3 Å². The summed E-state index contributed by atoms with van der Waals surface area (Å²) in [5.74, 6) is -1.41. The third-order valence-electron chi connectivity index (χ3n) is 5.95. The maximum absolute atomic E-state index is 12.9. The molecule has 192 valence electrons. The highest BCUT2D eigenvalue weighted by molar-refractivity contribution is 5.85. The highest BCUT2D eigenvalue weighted by Gasteiger charge is 2.25. The van der Waals surface area contributed by atoms with Crippen LogP contribution in [0.15, 0.2) is 54.6 Å². The van der Waals surface area contributed by atoms with Crippen molar-refractivity contribution in [1.29, 1.82) is 0 Å². The van der Waals surface area contributed by atoms with Crippen molar-refractivity contribution < 1.29 is 33.3 Å². The summed E-state index contributed by atoms with van der Waals surface area (Å²) in [6, 6.07) is 8.61. The van der Waals surface area contributed by atoms with Gasteiger partial charge in [-0.25, -0.2) is 4.79 Å². The van der Waals surface area contributed by atoms with Gasteiger partial charge in [0.25, 0.3) is 0 Å². The smallest absolute Gasteiger partial charge is 0.329 e. The van der Waals surface area contributed by atoms with Gasteiger partial charge in [0.2, 0.25) is 5.91 Å². The molecule has 0 saturated heterocycles. The van der Waals surface area contributed by atoms with Gasteiger partial charge in [-0.15, -0.1) is 0 Å². The number of cyclic esters (lactones) is 2. The lowest BCUT2D eigenvalue weighted by atomic mass is 10.0. The van der Waals surface area contributed by atoms with E-state index in [-0.39, 0.29) is 55.9 Å². The van der Waals surface area contributed by atoms with E-state index < -0.39 is 18.1 Å². The number of hydrogen-bond acceptors (Lipinski definition) is 7. The predicted molar refractivity (Wildman–Crippen MR) is 131 cm³/mol. The van der Waals surface area contributed by atoms with Crippen LogP contribution >= 0.6 is 0 Å². The molecule has 1 aromatic rings. The van der Waals surface area contributed by atoms with Gasteiger partial charge in [0.05, 0.1) is 18.6 Å². The molecular formula is C27H37NO7. The molecule has 1 aliphatic heterocycles. The molecule has 0 fully saturated rings. The number of ether oxygens (including phenoxy) is 4. The summed E-state index contributed by atoms with van der Waals surface area (Å²) in [5.41, 5.74) is 0.907. The van der Waals surface area contributed by atoms with E-state index in [2.05, 4.69) is 5.32 Å². The molecule has 2 rings (SSSR count).